The summed E-state index contributed by atoms with van der Waals surface area (Å²) in [5.41, 5.74) is 4.64. The van der Waals surface area contributed by atoms with Gasteiger partial charge in [0.05, 0.1) is 27.4 Å². The van der Waals surface area contributed by atoms with Crippen LogP contribution in [0.2, 0.25) is 0 Å². The maximum Gasteiger partial charge on any atom is 0.377 e. The predicted octanol–water partition coefficient (Wildman–Crippen LogP) is 2.21. The number of ether oxygens (including phenoxy) is 3. The number of rotatable bonds is 6. The van der Waals surface area contributed by atoms with E-state index in [0.29, 0.717) is 17.0 Å². The lowest BCUT2D eigenvalue weighted by atomic mass is 9.98. The molecule has 0 atom stereocenters. The lowest BCUT2D eigenvalue weighted by Gasteiger charge is -2.25. The van der Waals surface area contributed by atoms with Gasteiger partial charge in [0.25, 0.3) is 5.76 Å². The highest BCUT2D eigenvalue weighted by atomic mass is 16.8. The Morgan fingerprint density at radius 2 is 1.76 bits per heavy atom. The van der Waals surface area contributed by atoms with Gasteiger partial charge >= 0.3 is 5.97 Å². The fraction of sp³-hybridized carbons (Fsp3) is 0.150. The Balaban J connectivity index is 2.11. The molecule has 2 heterocycles. The Hall–Kier alpha value is -4.01. The summed E-state index contributed by atoms with van der Waals surface area (Å²) in [6.07, 6.45) is 4.80. The molecule has 9 heteroatoms. The van der Waals surface area contributed by atoms with E-state index in [9.17, 15) is 4.79 Å². The molecule has 9 nitrogen and oxygen atoms in total. The number of hydrazone groups is 1. The number of aromatic nitrogens is 1. The number of nitrogens with one attached hydrogen (secondary N) is 1. The zero-order valence-electron chi connectivity index (χ0n) is 16.2. The second-order valence-electron chi connectivity index (χ2n) is 5.63. The van der Waals surface area contributed by atoms with E-state index in [1.54, 1.807) is 18.5 Å². The number of hydrazine groups is 1. The lowest BCUT2D eigenvalue weighted by molar-refractivity contribution is -0.180. The topological polar surface area (TPSA) is 94.5 Å². The van der Waals surface area contributed by atoms with Gasteiger partial charge in [0.2, 0.25) is 11.8 Å². The third-order valence-corrected chi connectivity index (χ3v) is 3.87. The van der Waals surface area contributed by atoms with Gasteiger partial charge < -0.3 is 19.0 Å². The van der Waals surface area contributed by atoms with Gasteiger partial charge in [-0.2, -0.15) is 0 Å². The molecule has 1 aromatic carbocycles. The molecule has 1 aliphatic rings. The van der Waals surface area contributed by atoms with Crippen LogP contribution in [0.5, 0.6) is 0 Å². The van der Waals surface area contributed by atoms with Crippen molar-refractivity contribution in [3.05, 3.63) is 83.7 Å². The summed E-state index contributed by atoms with van der Waals surface area (Å²) in [6.45, 7) is 0. The van der Waals surface area contributed by atoms with Crippen molar-refractivity contribution in [1.29, 1.82) is 0 Å². The summed E-state index contributed by atoms with van der Waals surface area (Å²) in [6, 6.07) is 12.9. The summed E-state index contributed by atoms with van der Waals surface area (Å²) in [5.74, 6) is -0.274. The minimum absolute atomic E-state index is 0.101. The molecule has 0 fully saturated rings. The van der Waals surface area contributed by atoms with Crippen molar-refractivity contribution in [2.24, 2.45) is 5.10 Å². The monoisotopic (exact) mass is 396 g/mol. The first-order chi connectivity index (χ1) is 14.2. The number of pyridine rings is 1. The average molecular weight is 396 g/mol. The van der Waals surface area contributed by atoms with E-state index in [-0.39, 0.29) is 11.7 Å². The fourth-order valence-corrected chi connectivity index (χ4v) is 2.54. The van der Waals surface area contributed by atoms with Gasteiger partial charge in [-0.05, 0) is 16.9 Å². The van der Waals surface area contributed by atoms with Crippen molar-refractivity contribution in [2.75, 3.05) is 21.3 Å². The molecule has 0 unspecified atom stereocenters. The van der Waals surface area contributed by atoms with Crippen LogP contribution < -0.4 is 5.43 Å². The van der Waals surface area contributed by atoms with Gasteiger partial charge in [0, 0.05) is 23.5 Å². The molecule has 0 aliphatic carbocycles. The molecule has 150 valence electrons. The van der Waals surface area contributed by atoms with E-state index in [1.165, 1.54) is 27.4 Å². The van der Waals surface area contributed by atoms with Crippen LogP contribution in [-0.4, -0.2) is 43.5 Å². The standard InChI is InChI=1S/C20H20N4O5/c1-26-16-12-17(27-2)23-24(22-16)29-19(20(25)28-3)18(14-8-5-4-6-9-14)15-10-7-11-21-13-15/h4-13,22H,1-3H3. The summed E-state index contributed by atoms with van der Waals surface area (Å²) < 4.78 is 15.3. The number of hydrogen-bond donors (Lipinski definition) is 1. The van der Waals surface area contributed by atoms with Crippen LogP contribution in [0.25, 0.3) is 5.57 Å². The molecule has 0 spiro atoms. The van der Waals surface area contributed by atoms with Crippen LogP contribution in [0, 0.1) is 0 Å². The van der Waals surface area contributed by atoms with Gasteiger partial charge in [-0.3, -0.25) is 4.98 Å². The van der Waals surface area contributed by atoms with E-state index >= 15 is 0 Å². The van der Waals surface area contributed by atoms with Gasteiger partial charge in [0.15, 0.2) is 0 Å². The summed E-state index contributed by atoms with van der Waals surface area (Å²) >= 11 is 0. The lowest BCUT2D eigenvalue weighted by Crippen LogP contribution is -2.39. The van der Waals surface area contributed by atoms with Crippen LogP contribution in [0.4, 0.5) is 0 Å². The molecule has 0 bridgehead atoms. The largest absolute Gasteiger partial charge is 0.481 e. The Morgan fingerprint density at radius 1 is 1.00 bits per heavy atom. The van der Waals surface area contributed by atoms with Crippen molar-refractivity contribution in [3.63, 3.8) is 0 Å². The van der Waals surface area contributed by atoms with Gasteiger partial charge in [-0.25, -0.2) is 10.2 Å². The number of nitrogens with zero attached hydrogens (tertiary/aromatic N) is 3. The summed E-state index contributed by atoms with van der Waals surface area (Å²) in [5, 5.41) is 5.07. The molecule has 1 aliphatic heterocycles. The number of esters is 1. The van der Waals surface area contributed by atoms with E-state index in [1.807, 2.05) is 36.4 Å². The Kier molecular flexibility index (Phi) is 6.31. The molecule has 1 aromatic heterocycles. The zero-order valence-corrected chi connectivity index (χ0v) is 16.2. The minimum atomic E-state index is -0.697. The van der Waals surface area contributed by atoms with Crippen LogP contribution in [0.15, 0.2) is 77.7 Å². The zero-order chi connectivity index (χ0) is 20.6. The third kappa shape index (κ3) is 4.64. The molecule has 3 rings (SSSR count). The first-order valence-electron chi connectivity index (χ1n) is 8.57. The van der Waals surface area contributed by atoms with E-state index < -0.39 is 5.97 Å². The van der Waals surface area contributed by atoms with Gasteiger partial charge in [-0.1, -0.05) is 41.5 Å². The molecule has 2 aromatic rings. The number of benzene rings is 1. The molecular weight excluding hydrogens is 376 g/mol. The Bertz CT molecular complexity index is 900. The van der Waals surface area contributed by atoms with Crippen LogP contribution in [-0.2, 0) is 23.8 Å². The number of hydrogen-bond acceptors (Lipinski definition) is 9. The fourth-order valence-electron chi connectivity index (χ4n) is 2.54. The second kappa shape index (κ2) is 9.27. The van der Waals surface area contributed by atoms with Crippen molar-refractivity contribution >= 4 is 17.4 Å². The molecule has 29 heavy (non-hydrogen) atoms. The highest BCUT2D eigenvalue weighted by molar-refractivity contribution is 5.99. The molecule has 0 radical (unpaired) electrons. The van der Waals surface area contributed by atoms with Gasteiger partial charge in [0.1, 0.15) is 0 Å². The van der Waals surface area contributed by atoms with Crippen LogP contribution in [0.1, 0.15) is 11.1 Å². The Morgan fingerprint density at radius 3 is 2.38 bits per heavy atom. The maximum atomic E-state index is 12.7. The van der Waals surface area contributed by atoms with Crippen molar-refractivity contribution in [3.8, 4) is 0 Å². The number of carbonyl (C=O) groups is 1. The van der Waals surface area contributed by atoms with E-state index in [2.05, 4.69) is 15.5 Å². The van der Waals surface area contributed by atoms with Crippen molar-refractivity contribution in [2.45, 2.75) is 0 Å². The molecule has 0 saturated carbocycles. The summed E-state index contributed by atoms with van der Waals surface area (Å²) in [4.78, 5) is 22.6. The predicted molar refractivity (Wildman–Crippen MR) is 104 cm³/mol. The van der Waals surface area contributed by atoms with E-state index in [0.717, 1.165) is 10.8 Å². The van der Waals surface area contributed by atoms with Crippen molar-refractivity contribution in [1.82, 2.24) is 15.7 Å². The highest BCUT2D eigenvalue weighted by Crippen LogP contribution is 2.28. The first kappa shape index (κ1) is 19.7. The molecule has 0 amide bonds. The highest BCUT2D eigenvalue weighted by Gasteiger charge is 2.26. The average Bonchev–Trinajstić information content (AvgIpc) is 2.79. The normalized spacial score (nSPS) is 14.0. The Labute approximate surface area is 167 Å². The minimum Gasteiger partial charge on any atom is -0.481 e. The molecule has 0 saturated heterocycles. The number of methoxy groups -OCH3 is 3. The quantitative estimate of drug-likeness (QED) is 0.451. The third-order valence-electron chi connectivity index (χ3n) is 3.87. The first-order valence-corrected chi connectivity index (χ1v) is 8.57. The van der Waals surface area contributed by atoms with Crippen molar-refractivity contribution < 1.29 is 23.8 Å². The van der Waals surface area contributed by atoms with E-state index in [4.69, 9.17) is 19.0 Å². The number of carbonyl (C=O) groups excluding carboxylic acids is 1. The van der Waals surface area contributed by atoms with Gasteiger partial charge in [-0.15, -0.1) is 0 Å². The second-order valence-corrected chi connectivity index (χ2v) is 5.63. The summed E-state index contributed by atoms with van der Waals surface area (Å²) in [7, 11) is 4.19. The SMILES string of the molecule is COC(=O)C(ON1N=C(OC)C=C(OC)N1)=C(c1ccccc1)c1cccnc1. The molecule has 1 N–H and O–H groups in total. The maximum absolute atomic E-state index is 12.7. The molecular formula is C20H20N4O5. The van der Waals surface area contributed by atoms with Crippen LogP contribution >= 0.6 is 0 Å². The van der Waals surface area contributed by atoms with Crippen LogP contribution in [0.3, 0.4) is 0 Å². The smallest absolute Gasteiger partial charge is 0.377 e.